The van der Waals surface area contributed by atoms with Crippen LogP contribution in [0.2, 0.25) is 0 Å². The van der Waals surface area contributed by atoms with E-state index < -0.39 is 0 Å². The van der Waals surface area contributed by atoms with Crippen molar-refractivity contribution in [1.29, 1.82) is 0 Å². The van der Waals surface area contributed by atoms with E-state index in [2.05, 4.69) is 0 Å². The second-order valence-corrected chi connectivity index (χ2v) is 4.08. The quantitative estimate of drug-likeness (QED) is 0.691. The Hall–Kier alpha value is -1.51. The zero-order valence-electron chi connectivity index (χ0n) is 9.44. The van der Waals surface area contributed by atoms with Gasteiger partial charge in [0.15, 0.2) is 17.8 Å². The molecule has 1 aromatic rings. The summed E-state index contributed by atoms with van der Waals surface area (Å²) >= 11 is 0. The molecule has 2 rings (SSSR count). The molecule has 86 valence electrons. The Morgan fingerprint density at radius 2 is 2.25 bits per heavy atom. The van der Waals surface area contributed by atoms with E-state index in [1.54, 1.807) is 25.3 Å². The van der Waals surface area contributed by atoms with Gasteiger partial charge in [0.1, 0.15) is 0 Å². The minimum Gasteiger partial charge on any atom is -0.493 e. The van der Waals surface area contributed by atoms with Crippen LogP contribution in [0.5, 0.6) is 11.5 Å². The lowest BCUT2D eigenvalue weighted by atomic mass is 10.2. The van der Waals surface area contributed by atoms with Crippen molar-refractivity contribution in [2.75, 3.05) is 13.7 Å². The first-order valence-corrected chi connectivity index (χ1v) is 5.60. The molecule has 16 heavy (non-hydrogen) atoms. The lowest BCUT2D eigenvalue weighted by Crippen LogP contribution is -2.02. The Bertz CT molecular complexity index is 369. The summed E-state index contributed by atoms with van der Waals surface area (Å²) in [6, 6.07) is 5.33. The van der Waals surface area contributed by atoms with Gasteiger partial charge in [-0.05, 0) is 24.5 Å². The average Bonchev–Trinajstić information content (AvgIpc) is 3.13. The Morgan fingerprint density at radius 1 is 1.44 bits per heavy atom. The molecule has 1 saturated carbocycles. The lowest BCUT2D eigenvalue weighted by Gasteiger charge is -2.12. The number of hydrogen-bond acceptors (Lipinski definition) is 3. The largest absolute Gasteiger partial charge is 0.493 e. The predicted octanol–water partition coefficient (Wildman–Crippen LogP) is 2.69. The Balaban J connectivity index is 2.05. The Labute approximate surface area is 95.4 Å². The van der Waals surface area contributed by atoms with Crippen LogP contribution in [0.4, 0.5) is 0 Å². The van der Waals surface area contributed by atoms with Crippen molar-refractivity contribution < 1.29 is 14.3 Å². The highest BCUT2D eigenvalue weighted by atomic mass is 16.5. The number of carbonyl (C=O) groups excluding carboxylic acids is 1. The number of rotatable bonds is 6. The molecule has 3 heteroatoms. The first kappa shape index (κ1) is 11.0. The molecule has 0 spiro atoms. The van der Waals surface area contributed by atoms with Crippen LogP contribution in [0.15, 0.2) is 18.2 Å². The van der Waals surface area contributed by atoms with Crippen LogP contribution >= 0.6 is 0 Å². The van der Waals surface area contributed by atoms with Crippen molar-refractivity contribution in [3.05, 3.63) is 23.8 Å². The molecule has 0 N–H and O–H groups in total. The summed E-state index contributed by atoms with van der Waals surface area (Å²) in [5.74, 6) is 2.02. The summed E-state index contributed by atoms with van der Waals surface area (Å²) in [5, 5.41) is 0. The third kappa shape index (κ3) is 2.54. The maximum absolute atomic E-state index is 10.9. The second-order valence-electron chi connectivity index (χ2n) is 4.08. The van der Waals surface area contributed by atoms with Crippen LogP contribution in [0.3, 0.4) is 0 Å². The van der Waals surface area contributed by atoms with Gasteiger partial charge in [-0.15, -0.1) is 0 Å². The molecular weight excluding hydrogens is 204 g/mol. The number of benzene rings is 1. The zero-order chi connectivity index (χ0) is 11.4. The van der Waals surface area contributed by atoms with E-state index in [9.17, 15) is 4.79 Å². The van der Waals surface area contributed by atoms with Gasteiger partial charge >= 0.3 is 0 Å². The fourth-order valence-electron chi connectivity index (χ4n) is 1.67. The van der Waals surface area contributed by atoms with Crippen molar-refractivity contribution in [1.82, 2.24) is 0 Å². The summed E-state index contributed by atoms with van der Waals surface area (Å²) in [4.78, 5) is 10.9. The summed E-state index contributed by atoms with van der Waals surface area (Å²) in [6.07, 6.45) is 4.50. The van der Waals surface area contributed by atoms with Crippen molar-refractivity contribution in [3.8, 4) is 11.5 Å². The van der Waals surface area contributed by atoms with Crippen molar-refractivity contribution in [3.63, 3.8) is 0 Å². The van der Waals surface area contributed by atoms with Gasteiger partial charge in [-0.1, -0.05) is 18.9 Å². The molecule has 0 heterocycles. The Morgan fingerprint density at radius 3 is 2.88 bits per heavy atom. The molecule has 0 aromatic heterocycles. The van der Waals surface area contributed by atoms with Gasteiger partial charge in [0.25, 0.3) is 0 Å². The fourth-order valence-corrected chi connectivity index (χ4v) is 1.67. The molecule has 1 fully saturated rings. The minimum atomic E-state index is 0.551. The van der Waals surface area contributed by atoms with E-state index in [1.165, 1.54) is 12.8 Å². The van der Waals surface area contributed by atoms with E-state index in [0.717, 1.165) is 18.6 Å². The van der Waals surface area contributed by atoms with Crippen LogP contribution in [-0.4, -0.2) is 20.0 Å². The van der Waals surface area contributed by atoms with Gasteiger partial charge in [-0.2, -0.15) is 0 Å². The third-order valence-electron chi connectivity index (χ3n) is 2.83. The highest BCUT2D eigenvalue weighted by Gasteiger charge is 2.21. The monoisotopic (exact) mass is 220 g/mol. The normalized spacial score (nSPS) is 14.6. The van der Waals surface area contributed by atoms with E-state index in [0.29, 0.717) is 23.7 Å². The van der Waals surface area contributed by atoms with Gasteiger partial charge in [-0.25, -0.2) is 0 Å². The van der Waals surface area contributed by atoms with Crippen LogP contribution in [0.25, 0.3) is 0 Å². The SMILES string of the molecule is COc1cccc(C=O)c1OCCC1CC1. The van der Waals surface area contributed by atoms with Crippen LogP contribution in [0.1, 0.15) is 29.6 Å². The first-order valence-electron chi connectivity index (χ1n) is 5.60. The average molecular weight is 220 g/mol. The zero-order valence-corrected chi connectivity index (χ0v) is 9.44. The molecular formula is C13H16O3. The van der Waals surface area contributed by atoms with Gasteiger partial charge in [0.2, 0.25) is 0 Å². The number of ether oxygens (including phenoxy) is 2. The van der Waals surface area contributed by atoms with Gasteiger partial charge in [-0.3, -0.25) is 4.79 Å². The van der Waals surface area contributed by atoms with E-state index in [4.69, 9.17) is 9.47 Å². The lowest BCUT2D eigenvalue weighted by molar-refractivity contribution is 0.111. The summed E-state index contributed by atoms with van der Waals surface area (Å²) < 4.78 is 10.8. The highest BCUT2D eigenvalue weighted by molar-refractivity contribution is 5.81. The molecule has 1 aromatic carbocycles. The van der Waals surface area contributed by atoms with Crippen molar-refractivity contribution in [2.24, 2.45) is 5.92 Å². The third-order valence-corrected chi connectivity index (χ3v) is 2.83. The Kier molecular flexibility index (Phi) is 3.44. The maximum atomic E-state index is 10.9. The summed E-state index contributed by atoms with van der Waals surface area (Å²) in [7, 11) is 1.58. The molecule has 0 saturated heterocycles. The van der Waals surface area contributed by atoms with Gasteiger partial charge in [0, 0.05) is 0 Å². The molecule has 0 bridgehead atoms. The van der Waals surface area contributed by atoms with Crippen LogP contribution in [0, 0.1) is 5.92 Å². The number of para-hydroxylation sites is 1. The van der Waals surface area contributed by atoms with E-state index >= 15 is 0 Å². The second kappa shape index (κ2) is 5.01. The molecule has 3 nitrogen and oxygen atoms in total. The van der Waals surface area contributed by atoms with Gasteiger partial charge < -0.3 is 9.47 Å². The molecule has 0 unspecified atom stereocenters. The molecule has 0 aliphatic heterocycles. The predicted molar refractivity (Wildman–Crippen MR) is 61.2 cm³/mol. The van der Waals surface area contributed by atoms with Crippen LogP contribution in [-0.2, 0) is 0 Å². The standard InChI is InChI=1S/C13H16O3/c1-15-12-4-2-3-11(9-14)13(12)16-8-7-10-5-6-10/h2-4,9-10H,5-8H2,1H3. The topological polar surface area (TPSA) is 35.5 Å². The maximum Gasteiger partial charge on any atom is 0.171 e. The number of carbonyl (C=O) groups is 1. The molecule has 0 atom stereocenters. The van der Waals surface area contributed by atoms with E-state index in [1.807, 2.05) is 0 Å². The van der Waals surface area contributed by atoms with E-state index in [-0.39, 0.29) is 0 Å². The smallest absolute Gasteiger partial charge is 0.171 e. The number of methoxy groups -OCH3 is 1. The fraction of sp³-hybridized carbons (Fsp3) is 0.462. The first-order chi connectivity index (χ1) is 7.85. The number of hydrogen-bond donors (Lipinski definition) is 0. The van der Waals surface area contributed by atoms with Gasteiger partial charge in [0.05, 0.1) is 19.3 Å². The van der Waals surface area contributed by atoms with Crippen LogP contribution < -0.4 is 9.47 Å². The summed E-state index contributed by atoms with van der Waals surface area (Å²) in [6.45, 7) is 0.659. The number of aldehydes is 1. The van der Waals surface area contributed by atoms with Crippen molar-refractivity contribution >= 4 is 6.29 Å². The molecule has 0 radical (unpaired) electrons. The molecule has 1 aliphatic rings. The summed E-state index contributed by atoms with van der Waals surface area (Å²) in [5.41, 5.74) is 0.551. The van der Waals surface area contributed by atoms with Crippen molar-refractivity contribution in [2.45, 2.75) is 19.3 Å². The molecule has 0 amide bonds. The molecule has 1 aliphatic carbocycles. The minimum absolute atomic E-state index is 0.551. The highest BCUT2D eigenvalue weighted by Crippen LogP contribution is 2.34.